The van der Waals surface area contributed by atoms with E-state index in [2.05, 4.69) is 35.8 Å². The number of nitrogens with zero attached hydrogens (tertiary/aromatic N) is 5. The van der Waals surface area contributed by atoms with Crippen LogP contribution in [0, 0.1) is 0 Å². The van der Waals surface area contributed by atoms with E-state index in [0.717, 1.165) is 22.3 Å². The molecule has 98 valence electrons. The average molecular weight is 255 g/mol. The molecular weight excluding hydrogens is 238 g/mol. The van der Waals surface area contributed by atoms with Gasteiger partial charge in [0.25, 0.3) is 0 Å². The van der Waals surface area contributed by atoms with E-state index in [-0.39, 0.29) is 5.54 Å². The van der Waals surface area contributed by atoms with Crippen LogP contribution in [0.4, 0.5) is 0 Å². The van der Waals surface area contributed by atoms with Gasteiger partial charge in [-0.15, -0.1) is 0 Å². The first-order valence-corrected chi connectivity index (χ1v) is 6.28. The summed E-state index contributed by atoms with van der Waals surface area (Å²) in [7, 11) is 1.97. The molecule has 0 bridgehead atoms. The molecule has 0 N–H and O–H groups in total. The Morgan fingerprint density at radius 3 is 2.58 bits per heavy atom. The molecule has 19 heavy (non-hydrogen) atoms. The van der Waals surface area contributed by atoms with Crippen molar-refractivity contribution in [3.05, 3.63) is 31.0 Å². The molecular formula is C14H17N5. The third-order valence-corrected chi connectivity index (χ3v) is 3.18. The van der Waals surface area contributed by atoms with Crippen molar-refractivity contribution in [1.82, 2.24) is 24.3 Å². The Morgan fingerprint density at radius 1 is 1.11 bits per heavy atom. The van der Waals surface area contributed by atoms with E-state index >= 15 is 0 Å². The lowest BCUT2D eigenvalue weighted by molar-refractivity contribution is 0.355. The number of aromatic nitrogens is 5. The first-order chi connectivity index (χ1) is 8.95. The van der Waals surface area contributed by atoms with E-state index in [9.17, 15) is 0 Å². The number of aryl methyl sites for hydroxylation is 1. The number of rotatable bonds is 1. The van der Waals surface area contributed by atoms with E-state index in [1.54, 1.807) is 6.33 Å². The van der Waals surface area contributed by atoms with Crippen molar-refractivity contribution in [2.75, 3.05) is 0 Å². The van der Waals surface area contributed by atoms with Gasteiger partial charge in [0.2, 0.25) is 0 Å². The maximum absolute atomic E-state index is 4.49. The minimum absolute atomic E-state index is 0.0205. The highest BCUT2D eigenvalue weighted by Crippen LogP contribution is 2.22. The Bertz CT molecular complexity index is 730. The zero-order chi connectivity index (χ0) is 13.6. The molecule has 3 heterocycles. The van der Waals surface area contributed by atoms with Crippen LogP contribution in [0.15, 0.2) is 31.0 Å². The first-order valence-electron chi connectivity index (χ1n) is 6.28. The van der Waals surface area contributed by atoms with Crippen LogP contribution in [-0.2, 0) is 12.6 Å². The average Bonchev–Trinajstić information content (AvgIpc) is 2.95. The molecule has 5 heteroatoms. The second-order valence-corrected chi connectivity index (χ2v) is 5.76. The molecule has 0 amide bonds. The molecule has 0 atom stereocenters. The molecule has 0 aliphatic heterocycles. The standard InChI is InChI=1S/C14H17N5/c1-14(2,3)19-8-10(6-17-19)11-5-12-13(7-15-11)18(4)9-16-12/h5-9H,1-4H3. The lowest BCUT2D eigenvalue weighted by atomic mass is 10.1. The van der Waals surface area contributed by atoms with E-state index in [4.69, 9.17) is 0 Å². The van der Waals surface area contributed by atoms with Gasteiger partial charge in [-0.1, -0.05) is 0 Å². The third-order valence-electron chi connectivity index (χ3n) is 3.18. The zero-order valence-corrected chi connectivity index (χ0v) is 11.6. The Labute approximate surface area is 111 Å². The van der Waals surface area contributed by atoms with Gasteiger partial charge in [0.15, 0.2) is 0 Å². The summed E-state index contributed by atoms with van der Waals surface area (Å²) in [6.45, 7) is 6.37. The van der Waals surface area contributed by atoms with Gasteiger partial charge in [0, 0.05) is 18.8 Å². The van der Waals surface area contributed by atoms with Crippen molar-refractivity contribution in [1.29, 1.82) is 0 Å². The minimum atomic E-state index is -0.0205. The monoisotopic (exact) mass is 255 g/mol. The highest BCUT2D eigenvalue weighted by molar-refractivity contribution is 5.78. The predicted octanol–water partition coefficient (Wildman–Crippen LogP) is 2.59. The molecule has 0 aliphatic rings. The summed E-state index contributed by atoms with van der Waals surface area (Å²) in [6, 6.07) is 2.00. The molecule has 0 aromatic carbocycles. The number of imidazole rings is 1. The summed E-state index contributed by atoms with van der Waals surface area (Å²) < 4.78 is 3.91. The molecule has 0 spiro atoms. The van der Waals surface area contributed by atoms with E-state index in [1.165, 1.54) is 0 Å². The zero-order valence-electron chi connectivity index (χ0n) is 11.6. The SMILES string of the molecule is Cn1cnc2cc(-c3cnn(C(C)(C)C)c3)ncc21. The second-order valence-electron chi connectivity index (χ2n) is 5.76. The predicted molar refractivity (Wildman–Crippen MR) is 74.7 cm³/mol. The Kier molecular flexibility index (Phi) is 2.45. The van der Waals surface area contributed by atoms with Crippen molar-refractivity contribution in [2.24, 2.45) is 7.05 Å². The molecule has 0 unspecified atom stereocenters. The smallest absolute Gasteiger partial charge is 0.0956 e. The normalized spacial score (nSPS) is 12.2. The fourth-order valence-corrected chi connectivity index (χ4v) is 2.00. The maximum Gasteiger partial charge on any atom is 0.0956 e. The molecule has 0 aliphatic carbocycles. The molecule has 3 aromatic heterocycles. The van der Waals surface area contributed by atoms with Gasteiger partial charge in [-0.3, -0.25) is 9.67 Å². The van der Waals surface area contributed by atoms with Crippen LogP contribution in [-0.4, -0.2) is 24.3 Å². The number of hydrogen-bond donors (Lipinski definition) is 0. The van der Waals surface area contributed by atoms with Gasteiger partial charge in [0.05, 0.1) is 41.0 Å². The summed E-state index contributed by atoms with van der Waals surface area (Å²) in [6.07, 6.45) is 7.53. The largest absolute Gasteiger partial charge is 0.332 e. The first kappa shape index (κ1) is 11.9. The van der Waals surface area contributed by atoms with Crippen molar-refractivity contribution < 1.29 is 0 Å². The van der Waals surface area contributed by atoms with Gasteiger partial charge in [-0.25, -0.2) is 4.98 Å². The van der Waals surface area contributed by atoms with Crippen LogP contribution in [0.5, 0.6) is 0 Å². The van der Waals surface area contributed by atoms with Crippen molar-refractivity contribution in [3.63, 3.8) is 0 Å². The van der Waals surface area contributed by atoms with Crippen LogP contribution < -0.4 is 0 Å². The van der Waals surface area contributed by atoms with Crippen LogP contribution in [0.25, 0.3) is 22.3 Å². The van der Waals surface area contributed by atoms with Crippen LogP contribution in [0.3, 0.4) is 0 Å². The Balaban J connectivity index is 2.06. The fraction of sp³-hybridized carbons (Fsp3) is 0.357. The highest BCUT2D eigenvalue weighted by atomic mass is 15.3. The summed E-state index contributed by atoms with van der Waals surface area (Å²) in [5, 5.41) is 4.40. The summed E-state index contributed by atoms with van der Waals surface area (Å²) in [4.78, 5) is 8.85. The Morgan fingerprint density at radius 2 is 1.89 bits per heavy atom. The molecule has 3 rings (SSSR count). The van der Waals surface area contributed by atoms with Crippen molar-refractivity contribution >= 4 is 11.0 Å². The van der Waals surface area contributed by atoms with Gasteiger partial charge >= 0.3 is 0 Å². The summed E-state index contributed by atoms with van der Waals surface area (Å²) >= 11 is 0. The van der Waals surface area contributed by atoms with E-state index < -0.39 is 0 Å². The molecule has 0 saturated heterocycles. The fourth-order valence-electron chi connectivity index (χ4n) is 2.00. The second kappa shape index (κ2) is 3.91. The summed E-state index contributed by atoms with van der Waals surface area (Å²) in [5.74, 6) is 0. The van der Waals surface area contributed by atoms with Gasteiger partial charge in [-0.2, -0.15) is 5.10 Å². The lowest BCUT2D eigenvalue weighted by Crippen LogP contribution is -2.21. The van der Waals surface area contributed by atoms with Gasteiger partial charge in [0.1, 0.15) is 0 Å². The number of pyridine rings is 1. The van der Waals surface area contributed by atoms with Crippen LogP contribution >= 0.6 is 0 Å². The maximum atomic E-state index is 4.49. The third kappa shape index (κ3) is 2.01. The van der Waals surface area contributed by atoms with Gasteiger partial charge in [-0.05, 0) is 26.8 Å². The van der Waals surface area contributed by atoms with Gasteiger partial charge < -0.3 is 4.57 Å². The van der Waals surface area contributed by atoms with Crippen LogP contribution in [0.2, 0.25) is 0 Å². The highest BCUT2D eigenvalue weighted by Gasteiger charge is 2.15. The van der Waals surface area contributed by atoms with E-state index in [1.807, 2.05) is 41.0 Å². The number of hydrogen-bond acceptors (Lipinski definition) is 3. The molecule has 3 aromatic rings. The molecule has 0 fully saturated rings. The summed E-state index contributed by atoms with van der Waals surface area (Å²) in [5.41, 5.74) is 3.89. The Hall–Kier alpha value is -2.17. The van der Waals surface area contributed by atoms with Crippen LogP contribution in [0.1, 0.15) is 20.8 Å². The van der Waals surface area contributed by atoms with Crippen molar-refractivity contribution in [3.8, 4) is 11.3 Å². The lowest BCUT2D eigenvalue weighted by Gasteiger charge is -2.18. The molecule has 5 nitrogen and oxygen atoms in total. The quantitative estimate of drug-likeness (QED) is 0.671. The van der Waals surface area contributed by atoms with E-state index in [0.29, 0.717) is 0 Å². The topological polar surface area (TPSA) is 48.5 Å². The number of fused-ring (bicyclic) bond motifs is 1. The molecule has 0 saturated carbocycles. The minimum Gasteiger partial charge on any atom is -0.332 e. The van der Waals surface area contributed by atoms with Crippen molar-refractivity contribution in [2.45, 2.75) is 26.3 Å². The molecule has 0 radical (unpaired) electrons.